The second-order valence-corrected chi connectivity index (χ2v) is 5.48. The Hall–Kier alpha value is -1.35. The van der Waals surface area contributed by atoms with E-state index in [9.17, 15) is 4.79 Å². The number of hydrogen-bond donors (Lipinski definition) is 1. The van der Waals surface area contributed by atoms with Gasteiger partial charge >= 0.3 is 0 Å². The van der Waals surface area contributed by atoms with Crippen molar-refractivity contribution in [1.29, 1.82) is 0 Å². The molecule has 2 rings (SSSR count). The Morgan fingerprint density at radius 2 is 2.00 bits per heavy atom. The summed E-state index contributed by atoms with van der Waals surface area (Å²) < 4.78 is 0. The van der Waals surface area contributed by atoms with Crippen LogP contribution in [0.3, 0.4) is 0 Å². The lowest BCUT2D eigenvalue weighted by atomic mass is 10.0. The fourth-order valence-electron chi connectivity index (χ4n) is 2.53. The van der Waals surface area contributed by atoms with Crippen LogP contribution in [0.2, 0.25) is 0 Å². The van der Waals surface area contributed by atoms with Crippen molar-refractivity contribution in [3.8, 4) is 0 Å². The molecule has 1 aromatic rings. The summed E-state index contributed by atoms with van der Waals surface area (Å²) in [6.45, 7) is 4.91. The largest absolute Gasteiger partial charge is 0.341 e. The Labute approximate surface area is 116 Å². The average Bonchev–Trinajstić information content (AvgIpc) is 2.92. The van der Waals surface area contributed by atoms with Gasteiger partial charge in [0.1, 0.15) is 0 Å². The quantitative estimate of drug-likeness (QED) is 0.880. The van der Waals surface area contributed by atoms with Crippen LogP contribution in [0.15, 0.2) is 24.3 Å². The molecular weight excluding hydrogens is 236 g/mol. The van der Waals surface area contributed by atoms with Gasteiger partial charge in [0.15, 0.2) is 0 Å². The van der Waals surface area contributed by atoms with Crippen LogP contribution in [0.4, 0.5) is 0 Å². The Bertz CT molecular complexity index is 407. The van der Waals surface area contributed by atoms with Gasteiger partial charge in [-0.25, -0.2) is 0 Å². The molecule has 1 aliphatic rings. The van der Waals surface area contributed by atoms with Crippen LogP contribution in [0, 0.1) is 5.92 Å². The first-order valence-corrected chi connectivity index (χ1v) is 7.21. The zero-order valence-corrected chi connectivity index (χ0v) is 12.0. The van der Waals surface area contributed by atoms with E-state index in [1.165, 1.54) is 11.1 Å². The van der Waals surface area contributed by atoms with Gasteiger partial charge in [0.2, 0.25) is 5.91 Å². The van der Waals surface area contributed by atoms with Gasteiger partial charge in [0, 0.05) is 20.0 Å². The van der Waals surface area contributed by atoms with Crippen LogP contribution >= 0.6 is 0 Å². The minimum absolute atomic E-state index is 0.258. The van der Waals surface area contributed by atoms with Crippen LogP contribution in [-0.4, -0.2) is 30.9 Å². The highest BCUT2D eigenvalue weighted by atomic mass is 16.2. The van der Waals surface area contributed by atoms with Crippen LogP contribution in [-0.2, 0) is 17.8 Å². The normalized spacial score (nSPS) is 18.5. The SMILES string of the molecule is CCc1ccc(CN(C)C(=O)CC2CCNC2)cc1. The van der Waals surface area contributed by atoms with Gasteiger partial charge in [-0.1, -0.05) is 31.2 Å². The zero-order chi connectivity index (χ0) is 13.7. The lowest BCUT2D eigenvalue weighted by Gasteiger charge is -2.19. The summed E-state index contributed by atoms with van der Waals surface area (Å²) >= 11 is 0. The van der Waals surface area contributed by atoms with Crippen LogP contribution in [0.1, 0.15) is 30.9 Å². The minimum Gasteiger partial charge on any atom is -0.341 e. The number of nitrogens with one attached hydrogen (secondary N) is 1. The van der Waals surface area contributed by atoms with E-state index >= 15 is 0 Å². The van der Waals surface area contributed by atoms with Crippen molar-refractivity contribution in [2.75, 3.05) is 20.1 Å². The molecule has 1 aromatic carbocycles. The Kier molecular flexibility index (Phi) is 4.97. The maximum atomic E-state index is 12.1. The van der Waals surface area contributed by atoms with Crippen molar-refractivity contribution in [3.05, 3.63) is 35.4 Å². The second-order valence-electron chi connectivity index (χ2n) is 5.48. The van der Waals surface area contributed by atoms with E-state index in [2.05, 4.69) is 36.5 Å². The van der Waals surface area contributed by atoms with Crippen LogP contribution < -0.4 is 5.32 Å². The summed E-state index contributed by atoms with van der Waals surface area (Å²) in [7, 11) is 1.90. The highest BCUT2D eigenvalue weighted by Gasteiger charge is 2.20. The molecular formula is C16H24N2O. The Morgan fingerprint density at radius 3 is 2.58 bits per heavy atom. The fraction of sp³-hybridized carbons (Fsp3) is 0.562. The minimum atomic E-state index is 0.258. The van der Waals surface area contributed by atoms with Gasteiger partial charge in [-0.2, -0.15) is 0 Å². The molecule has 1 unspecified atom stereocenters. The number of carbonyl (C=O) groups is 1. The number of hydrogen-bond acceptors (Lipinski definition) is 2. The predicted octanol–water partition coefficient (Wildman–Crippen LogP) is 2.21. The monoisotopic (exact) mass is 260 g/mol. The van der Waals surface area contributed by atoms with Gasteiger partial charge in [-0.3, -0.25) is 4.79 Å². The highest BCUT2D eigenvalue weighted by molar-refractivity contribution is 5.76. The van der Waals surface area contributed by atoms with Crippen molar-refractivity contribution < 1.29 is 4.79 Å². The van der Waals surface area contributed by atoms with Crippen LogP contribution in [0.25, 0.3) is 0 Å². The summed E-state index contributed by atoms with van der Waals surface area (Å²) in [4.78, 5) is 14.0. The van der Waals surface area contributed by atoms with E-state index in [-0.39, 0.29) is 5.91 Å². The number of amides is 1. The molecule has 1 saturated heterocycles. The molecule has 0 aromatic heterocycles. The number of aryl methyl sites for hydroxylation is 1. The highest BCUT2D eigenvalue weighted by Crippen LogP contribution is 2.15. The molecule has 1 heterocycles. The van der Waals surface area contributed by atoms with Crippen molar-refractivity contribution in [3.63, 3.8) is 0 Å². The third-order valence-corrected chi connectivity index (χ3v) is 3.90. The smallest absolute Gasteiger partial charge is 0.222 e. The lowest BCUT2D eigenvalue weighted by Crippen LogP contribution is -2.28. The third-order valence-electron chi connectivity index (χ3n) is 3.90. The molecule has 1 fully saturated rings. The summed E-state index contributed by atoms with van der Waals surface area (Å²) in [6, 6.07) is 8.54. The zero-order valence-electron chi connectivity index (χ0n) is 12.0. The summed E-state index contributed by atoms with van der Waals surface area (Å²) in [5, 5.41) is 3.31. The Morgan fingerprint density at radius 1 is 1.32 bits per heavy atom. The predicted molar refractivity (Wildman–Crippen MR) is 77.9 cm³/mol. The van der Waals surface area contributed by atoms with Gasteiger partial charge in [-0.15, -0.1) is 0 Å². The van der Waals surface area contributed by atoms with E-state index in [4.69, 9.17) is 0 Å². The summed E-state index contributed by atoms with van der Waals surface area (Å²) in [5.41, 5.74) is 2.55. The maximum absolute atomic E-state index is 12.1. The molecule has 0 radical (unpaired) electrons. The Balaban J connectivity index is 1.84. The molecule has 3 nitrogen and oxygen atoms in total. The molecule has 1 amide bonds. The van der Waals surface area contributed by atoms with Crippen LogP contribution in [0.5, 0.6) is 0 Å². The van der Waals surface area contributed by atoms with E-state index in [1.54, 1.807) is 0 Å². The van der Waals surface area contributed by atoms with Gasteiger partial charge in [0.25, 0.3) is 0 Å². The number of rotatable bonds is 5. The molecule has 1 N–H and O–H groups in total. The van der Waals surface area contributed by atoms with Gasteiger partial charge in [-0.05, 0) is 43.0 Å². The molecule has 0 bridgehead atoms. The molecule has 3 heteroatoms. The lowest BCUT2D eigenvalue weighted by molar-refractivity contribution is -0.131. The number of nitrogens with zero attached hydrogens (tertiary/aromatic N) is 1. The molecule has 0 spiro atoms. The molecule has 1 aliphatic heterocycles. The topological polar surface area (TPSA) is 32.3 Å². The first-order valence-electron chi connectivity index (χ1n) is 7.21. The van der Waals surface area contributed by atoms with Crippen molar-refractivity contribution in [2.45, 2.75) is 32.7 Å². The first-order chi connectivity index (χ1) is 9.19. The van der Waals surface area contributed by atoms with E-state index in [0.717, 1.165) is 25.9 Å². The standard InChI is InChI=1S/C16H24N2O/c1-3-13-4-6-14(7-5-13)12-18(2)16(19)10-15-8-9-17-11-15/h4-7,15,17H,3,8-12H2,1-2H3. The second kappa shape index (κ2) is 6.71. The van der Waals surface area contributed by atoms with Gasteiger partial charge < -0.3 is 10.2 Å². The number of benzene rings is 1. The van der Waals surface area contributed by atoms with E-state index < -0.39 is 0 Å². The summed E-state index contributed by atoms with van der Waals surface area (Å²) in [6.07, 6.45) is 2.87. The third kappa shape index (κ3) is 4.06. The molecule has 19 heavy (non-hydrogen) atoms. The fourth-order valence-corrected chi connectivity index (χ4v) is 2.53. The maximum Gasteiger partial charge on any atom is 0.222 e. The number of carbonyl (C=O) groups excluding carboxylic acids is 1. The molecule has 1 atom stereocenters. The van der Waals surface area contributed by atoms with Gasteiger partial charge in [0.05, 0.1) is 0 Å². The molecule has 104 valence electrons. The molecule has 0 aliphatic carbocycles. The molecule has 0 saturated carbocycles. The first kappa shape index (κ1) is 14.1. The van der Waals surface area contributed by atoms with Crippen molar-refractivity contribution in [1.82, 2.24) is 10.2 Å². The van der Waals surface area contributed by atoms with E-state index in [0.29, 0.717) is 18.9 Å². The van der Waals surface area contributed by atoms with Crippen molar-refractivity contribution in [2.24, 2.45) is 5.92 Å². The van der Waals surface area contributed by atoms with Crippen molar-refractivity contribution >= 4 is 5.91 Å². The summed E-state index contributed by atoms with van der Waals surface area (Å²) in [5.74, 6) is 0.783. The van der Waals surface area contributed by atoms with E-state index in [1.807, 2.05) is 11.9 Å². The average molecular weight is 260 g/mol.